The maximum Gasteiger partial charge on any atom is 0.273 e. The summed E-state index contributed by atoms with van der Waals surface area (Å²) in [5, 5.41) is 1.58. The zero-order chi connectivity index (χ0) is 23.1. The van der Waals surface area contributed by atoms with Crippen molar-refractivity contribution in [3.8, 4) is 21.9 Å². The molecule has 1 atom stereocenters. The molecule has 5 nitrogen and oxygen atoms in total. The summed E-state index contributed by atoms with van der Waals surface area (Å²) in [6.07, 6.45) is 2.62. The van der Waals surface area contributed by atoms with Crippen molar-refractivity contribution >= 4 is 51.2 Å². The monoisotopic (exact) mass is 514 g/mol. The van der Waals surface area contributed by atoms with Crippen LogP contribution in [0, 0.1) is 5.92 Å². The van der Waals surface area contributed by atoms with Crippen molar-refractivity contribution < 1.29 is 9.53 Å². The molecule has 5 rings (SSSR count). The quantitative estimate of drug-likeness (QED) is 0.309. The minimum atomic E-state index is -0.101. The smallest absolute Gasteiger partial charge is 0.273 e. The molecule has 0 bridgehead atoms. The van der Waals surface area contributed by atoms with Gasteiger partial charge >= 0.3 is 0 Å². The summed E-state index contributed by atoms with van der Waals surface area (Å²) >= 11 is 7.47. The van der Waals surface area contributed by atoms with Gasteiger partial charge in [0.1, 0.15) is 10.4 Å². The van der Waals surface area contributed by atoms with Crippen molar-refractivity contribution in [2.45, 2.75) is 6.42 Å². The van der Waals surface area contributed by atoms with Crippen LogP contribution in [-0.4, -0.2) is 42.5 Å². The molecule has 1 fully saturated rings. The molecule has 0 radical (unpaired) electrons. The molecular formula is C26H24Cl2N2O3S. The highest BCUT2D eigenvalue weighted by molar-refractivity contribution is 7.22. The fourth-order valence-corrected chi connectivity index (χ4v) is 5.61. The second kappa shape index (κ2) is 9.92. The third-order valence-corrected chi connectivity index (χ3v) is 7.64. The van der Waals surface area contributed by atoms with Gasteiger partial charge in [-0.25, -0.2) is 0 Å². The number of thiophene rings is 1. The zero-order valence-electron chi connectivity index (χ0n) is 18.8. The van der Waals surface area contributed by atoms with Gasteiger partial charge in [0.2, 0.25) is 0 Å². The Balaban J connectivity index is 0.00000274. The van der Waals surface area contributed by atoms with E-state index in [-0.39, 0.29) is 29.7 Å². The molecule has 34 heavy (non-hydrogen) atoms. The number of fused-ring (bicyclic) bond motifs is 1. The Kier molecular flexibility index (Phi) is 7.14. The van der Waals surface area contributed by atoms with Crippen LogP contribution in [0.15, 0.2) is 65.6 Å². The molecule has 2 aromatic heterocycles. The van der Waals surface area contributed by atoms with Crippen LogP contribution in [0.4, 0.5) is 0 Å². The minimum absolute atomic E-state index is 0. The third-order valence-electron chi connectivity index (χ3n) is 6.20. The van der Waals surface area contributed by atoms with E-state index in [4.69, 9.17) is 16.3 Å². The molecule has 1 unspecified atom stereocenters. The van der Waals surface area contributed by atoms with Crippen LogP contribution in [0.5, 0.6) is 5.75 Å². The molecule has 4 aromatic rings. The lowest BCUT2D eigenvalue weighted by Crippen LogP contribution is -2.21. The summed E-state index contributed by atoms with van der Waals surface area (Å²) in [7, 11) is 3.58. The minimum Gasteiger partial charge on any atom is -0.496 e. The maximum absolute atomic E-state index is 13.3. The fourth-order valence-electron chi connectivity index (χ4n) is 4.39. The predicted molar refractivity (Wildman–Crippen MR) is 142 cm³/mol. The fraction of sp³-hybridized carbons (Fsp3) is 0.231. The zero-order valence-corrected chi connectivity index (χ0v) is 21.2. The normalized spacial score (nSPS) is 15.9. The van der Waals surface area contributed by atoms with E-state index in [0.29, 0.717) is 26.7 Å². The number of carbonyl (C=O) groups excluding carboxylic acids is 1. The summed E-state index contributed by atoms with van der Waals surface area (Å²) in [5.41, 5.74) is 2.15. The molecule has 0 N–H and O–H groups in total. The number of methoxy groups -OCH3 is 1. The standard InChI is InChI=1S/C26H23ClN2O3S.ClH/c1-28-11-9-18(15-28)24(30)21-8-7-20(14-22(21)32-2)29-12-10-17-13-23(33-25(17)26(29)31)16-3-5-19(27)6-4-16;/h3-8,10,12-14,18H,9,11,15H2,1-2H3;1H. The van der Waals surface area contributed by atoms with Gasteiger partial charge in [0.05, 0.1) is 18.4 Å². The molecule has 0 aliphatic carbocycles. The van der Waals surface area contributed by atoms with E-state index < -0.39 is 0 Å². The lowest BCUT2D eigenvalue weighted by Gasteiger charge is -2.14. The second-order valence-electron chi connectivity index (χ2n) is 8.39. The van der Waals surface area contributed by atoms with Gasteiger partial charge in [0.25, 0.3) is 5.56 Å². The van der Waals surface area contributed by atoms with Crippen LogP contribution < -0.4 is 10.3 Å². The number of likely N-dealkylation sites (tertiary alicyclic amines) is 1. The van der Waals surface area contributed by atoms with Crippen LogP contribution in [0.25, 0.3) is 26.2 Å². The number of hydrogen-bond acceptors (Lipinski definition) is 5. The Labute approximate surface area is 212 Å². The number of pyridine rings is 1. The topological polar surface area (TPSA) is 51.5 Å². The predicted octanol–water partition coefficient (Wildman–Crippen LogP) is 5.94. The van der Waals surface area contributed by atoms with E-state index in [1.54, 1.807) is 30.0 Å². The number of Topliss-reactive ketones (excluding diaryl/α,β-unsaturated/α-hetero) is 1. The van der Waals surface area contributed by atoms with Crippen molar-refractivity contribution in [1.82, 2.24) is 9.47 Å². The van der Waals surface area contributed by atoms with Crippen molar-refractivity contribution in [3.05, 3.63) is 81.7 Å². The van der Waals surface area contributed by atoms with Gasteiger partial charge in [-0.05, 0) is 62.0 Å². The molecule has 0 amide bonds. The molecule has 176 valence electrons. The summed E-state index contributed by atoms with van der Waals surface area (Å²) in [5.74, 6) is 0.565. The number of carbonyl (C=O) groups is 1. The average Bonchev–Trinajstić information content (AvgIpc) is 3.46. The van der Waals surface area contributed by atoms with Crippen LogP contribution in [-0.2, 0) is 0 Å². The van der Waals surface area contributed by atoms with E-state index in [0.717, 1.165) is 35.3 Å². The summed E-state index contributed by atoms with van der Waals surface area (Å²) in [6.45, 7) is 1.68. The highest BCUT2D eigenvalue weighted by Crippen LogP contribution is 2.33. The van der Waals surface area contributed by atoms with E-state index in [1.807, 2.05) is 49.5 Å². The Morgan fingerprint density at radius 2 is 1.88 bits per heavy atom. The van der Waals surface area contributed by atoms with Gasteiger partial charge < -0.3 is 9.64 Å². The first kappa shape index (κ1) is 24.5. The first-order valence-corrected chi connectivity index (χ1v) is 12.0. The Bertz CT molecular complexity index is 1410. The molecule has 1 aliphatic rings. The van der Waals surface area contributed by atoms with E-state index in [1.165, 1.54) is 11.3 Å². The summed E-state index contributed by atoms with van der Waals surface area (Å²) < 4.78 is 7.83. The lowest BCUT2D eigenvalue weighted by atomic mass is 9.96. The van der Waals surface area contributed by atoms with Gasteiger partial charge in [0.15, 0.2) is 5.78 Å². The maximum atomic E-state index is 13.3. The lowest BCUT2D eigenvalue weighted by molar-refractivity contribution is 0.0921. The molecule has 3 heterocycles. The number of aromatic nitrogens is 1. The van der Waals surface area contributed by atoms with Crippen LogP contribution in [0.3, 0.4) is 0 Å². The van der Waals surface area contributed by atoms with Crippen molar-refractivity contribution in [2.24, 2.45) is 5.92 Å². The highest BCUT2D eigenvalue weighted by Gasteiger charge is 2.29. The number of hydrogen-bond donors (Lipinski definition) is 0. The number of benzene rings is 2. The molecule has 2 aromatic carbocycles. The number of ether oxygens (including phenoxy) is 1. The number of ketones is 1. The Morgan fingerprint density at radius 3 is 2.56 bits per heavy atom. The molecule has 8 heteroatoms. The first-order valence-electron chi connectivity index (χ1n) is 10.8. The van der Waals surface area contributed by atoms with Crippen LogP contribution >= 0.6 is 35.3 Å². The molecule has 0 saturated carbocycles. The third kappa shape index (κ3) is 4.51. The number of rotatable bonds is 5. The van der Waals surface area contributed by atoms with Crippen LogP contribution in [0.2, 0.25) is 5.02 Å². The van der Waals surface area contributed by atoms with Gasteiger partial charge in [-0.2, -0.15) is 0 Å². The molecular weight excluding hydrogens is 491 g/mol. The van der Waals surface area contributed by atoms with Crippen molar-refractivity contribution in [3.63, 3.8) is 0 Å². The SMILES string of the molecule is COc1cc(-n2ccc3cc(-c4ccc(Cl)cc4)sc3c2=O)ccc1C(=O)C1CCN(C)C1.Cl. The van der Waals surface area contributed by atoms with E-state index in [2.05, 4.69) is 4.90 Å². The number of nitrogens with zero attached hydrogens (tertiary/aromatic N) is 2. The number of halogens is 2. The molecule has 1 saturated heterocycles. The molecule has 1 aliphatic heterocycles. The van der Waals surface area contributed by atoms with Crippen molar-refractivity contribution in [1.29, 1.82) is 0 Å². The highest BCUT2D eigenvalue weighted by atomic mass is 35.5. The second-order valence-corrected chi connectivity index (χ2v) is 9.88. The van der Waals surface area contributed by atoms with Gasteiger partial charge in [0, 0.05) is 40.0 Å². The van der Waals surface area contributed by atoms with Gasteiger partial charge in [-0.1, -0.05) is 23.7 Å². The van der Waals surface area contributed by atoms with Gasteiger partial charge in [-0.15, -0.1) is 23.7 Å². The summed E-state index contributed by atoms with van der Waals surface area (Å²) in [4.78, 5) is 29.5. The first-order chi connectivity index (χ1) is 15.9. The summed E-state index contributed by atoms with van der Waals surface area (Å²) in [6, 6.07) is 16.9. The van der Waals surface area contributed by atoms with Crippen molar-refractivity contribution in [2.75, 3.05) is 27.2 Å². The molecule has 0 spiro atoms. The van der Waals surface area contributed by atoms with E-state index >= 15 is 0 Å². The van der Waals surface area contributed by atoms with Crippen LogP contribution in [0.1, 0.15) is 16.8 Å². The Hall–Kier alpha value is -2.64. The van der Waals surface area contributed by atoms with E-state index in [9.17, 15) is 9.59 Å². The Morgan fingerprint density at radius 1 is 1.12 bits per heavy atom. The van der Waals surface area contributed by atoms with Gasteiger partial charge in [-0.3, -0.25) is 14.2 Å². The largest absolute Gasteiger partial charge is 0.496 e. The average molecular weight is 515 g/mol.